The molecule has 0 saturated carbocycles. The summed E-state index contributed by atoms with van der Waals surface area (Å²) in [5.74, 6) is 0.390. The lowest BCUT2D eigenvalue weighted by Crippen LogP contribution is -2.45. The summed E-state index contributed by atoms with van der Waals surface area (Å²) in [6, 6.07) is 13.1. The van der Waals surface area contributed by atoms with Gasteiger partial charge in [0.25, 0.3) is 0 Å². The van der Waals surface area contributed by atoms with E-state index in [0.717, 1.165) is 41.9 Å². The number of aryl methyl sites for hydroxylation is 1. The Labute approximate surface area is 189 Å². The van der Waals surface area contributed by atoms with E-state index in [9.17, 15) is 0 Å². The van der Waals surface area contributed by atoms with Crippen LogP contribution in [-0.2, 0) is 11.3 Å². The first kappa shape index (κ1) is 21.1. The van der Waals surface area contributed by atoms with Crippen molar-refractivity contribution in [1.29, 1.82) is 0 Å². The number of nitrogens with zero attached hydrogens (tertiary/aromatic N) is 3. The van der Waals surface area contributed by atoms with Gasteiger partial charge in [0, 0.05) is 41.7 Å². The van der Waals surface area contributed by atoms with E-state index >= 15 is 0 Å². The number of ether oxygens (including phenoxy) is 1. The minimum Gasteiger partial charge on any atom is -0.373 e. The lowest BCUT2D eigenvalue weighted by Gasteiger charge is -2.35. The Kier molecular flexibility index (Phi) is 5.48. The zero-order valence-corrected chi connectivity index (χ0v) is 19.6. The first-order valence-electron chi connectivity index (χ1n) is 11.6. The van der Waals surface area contributed by atoms with Gasteiger partial charge in [0.05, 0.1) is 29.6 Å². The van der Waals surface area contributed by atoms with E-state index < -0.39 is 0 Å². The third-order valence-corrected chi connectivity index (χ3v) is 6.62. The number of aromatic amines is 1. The largest absolute Gasteiger partial charge is 0.373 e. The topological polar surface area (TPSA) is 54.0 Å². The number of morpholine rings is 1. The lowest BCUT2D eigenvalue weighted by molar-refractivity contribution is -0.0704. The smallest absolute Gasteiger partial charge is 0.0793 e. The molecule has 1 saturated heterocycles. The van der Waals surface area contributed by atoms with E-state index in [4.69, 9.17) is 9.72 Å². The average Bonchev–Trinajstić information content (AvgIpc) is 3.23. The van der Waals surface area contributed by atoms with Gasteiger partial charge in [-0.1, -0.05) is 44.2 Å². The summed E-state index contributed by atoms with van der Waals surface area (Å²) in [5.41, 5.74) is 7.02. The van der Waals surface area contributed by atoms with Gasteiger partial charge in [-0.05, 0) is 49.3 Å². The molecule has 2 aromatic heterocycles. The minimum atomic E-state index is 0.254. The van der Waals surface area contributed by atoms with Crippen LogP contribution in [0, 0.1) is 6.92 Å². The van der Waals surface area contributed by atoms with Crippen LogP contribution in [0.4, 0.5) is 0 Å². The molecule has 3 heterocycles. The van der Waals surface area contributed by atoms with Crippen LogP contribution in [0.3, 0.4) is 0 Å². The van der Waals surface area contributed by atoms with Crippen LogP contribution in [0.2, 0.25) is 0 Å². The van der Waals surface area contributed by atoms with Crippen molar-refractivity contribution < 1.29 is 4.74 Å². The summed E-state index contributed by atoms with van der Waals surface area (Å²) in [6.07, 6.45) is 2.45. The maximum absolute atomic E-state index is 5.95. The molecule has 1 aliphatic heterocycles. The van der Waals surface area contributed by atoms with Gasteiger partial charge in [-0.25, -0.2) is 0 Å². The van der Waals surface area contributed by atoms with E-state index in [1.807, 2.05) is 6.20 Å². The third kappa shape index (κ3) is 3.70. The number of benzene rings is 2. The maximum Gasteiger partial charge on any atom is 0.0793 e. The van der Waals surface area contributed by atoms with Gasteiger partial charge < -0.3 is 4.74 Å². The van der Waals surface area contributed by atoms with Crippen LogP contribution in [0.1, 0.15) is 50.4 Å². The predicted molar refractivity (Wildman–Crippen MR) is 131 cm³/mol. The van der Waals surface area contributed by atoms with Crippen LogP contribution in [0.5, 0.6) is 0 Å². The van der Waals surface area contributed by atoms with Crippen molar-refractivity contribution in [1.82, 2.24) is 20.1 Å². The Bertz CT molecular complexity index is 1270. The average molecular weight is 429 g/mol. The summed E-state index contributed by atoms with van der Waals surface area (Å²) in [6.45, 7) is 13.8. The molecule has 2 atom stereocenters. The summed E-state index contributed by atoms with van der Waals surface area (Å²) >= 11 is 0. The van der Waals surface area contributed by atoms with Crippen LogP contribution in [0.25, 0.3) is 32.9 Å². The van der Waals surface area contributed by atoms with E-state index in [1.54, 1.807) is 0 Å². The standard InChI is InChI=1S/C27H32N4O/c1-16(2)20-10-11-25-23(12-28-30-25)26(20)27-22-9-7-6-8-21(22)24(19(5)29-27)15-31-13-17(3)32-18(4)14-31/h6-12,16-18H,13-15H2,1-5H3,(H,28,30)/t17-,18-/m0/s1. The molecule has 32 heavy (non-hydrogen) atoms. The van der Waals surface area contributed by atoms with Crippen LogP contribution in [0.15, 0.2) is 42.6 Å². The molecule has 5 rings (SSSR count). The van der Waals surface area contributed by atoms with Gasteiger partial charge in [0.1, 0.15) is 0 Å². The van der Waals surface area contributed by atoms with Crippen LogP contribution >= 0.6 is 0 Å². The molecule has 5 heteroatoms. The SMILES string of the molecule is Cc1nc(-c2c(C(C)C)ccc3[nH]ncc23)c2ccccc2c1CN1C[C@H](C)O[C@@H](C)C1. The van der Waals surface area contributed by atoms with E-state index in [0.29, 0.717) is 5.92 Å². The van der Waals surface area contributed by atoms with Gasteiger partial charge in [0.2, 0.25) is 0 Å². The molecule has 5 nitrogen and oxygen atoms in total. The Morgan fingerprint density at radius 1 is 1.03 bits per heavy atom. The highest BCUT2D eigenvalue weighted by Gasteiger charge is 2.25. The van der Waals surface area contributed by atoms with Gasteiger partial charge in [-0.3, -0.25) is 15.0 Å². The highest BCUT2D eigenvalue weighted by atomic mass is 16.5. The van der Waals surface area contributed by atoms with E-state index in [-0.39, 0.29) is 12.2 Å². The summed E-state index contributed by atoms with van der Waals surface area (Å²) in [4.78, 5) is 7.75. The molecule has 1 aliphatic rings. The van der Waals surface area contributed by atoms with Crippen molar-refractivity contribution >= 4 is 21.7 Å². The van der Waals surface area contributed by atoms with Crippen molar-refractivity contribution in [2.75, 3.05) is 13.1 Å². The fourth-order valence-electron chi connectivity index (χ4n) is 5.25. The number of aromatic nitrogens is 3. The highest BCUT2D eigenvalue weighted by Crippen LogP contribution is 2.39. The van der Waals surface area contributed by atoms with Gasteiger partial charge in [-0.15, -0.1) is 0 Å². The quantitative estimate of drug-likeness (QED) is 0.445. The van der Waals surface area contributed by atoms with E-state index in [1.165, 1.54) is 27.5 Å². The molecule has 0 spiro atoms. The summed E-state index contributed by atoms with van der Waals surface area (Å²) in [7, 11) is 0. The minimum absolute atomic E-state index is 0.254. The van der Waals surface area contributed by atoms with Crippen LogP contribution in [-0.4, -0.2) is 45.4 Å². The number of fused-ring (bicyclic) bond motifs is 2. The molecule has 1 N–H and O–H groups in total. The number of H-pyrrole nitrogens is 1. The number of rotatable bonds is 4. The number of nitrogens with one attached hydrogen (secondary N) is 1. The van der Waals surface area contributed by atoms with Gasteiger partial charge in [-0.2, -0.15) is 5.10 Å². The van der Waals surface area contributed by atoms with Crippen molar-refractivity contribution in [3.63, 3.8) is 0 Å². The third-order valence-electron chi connectivity index (χ3n) is 6.62. The van der Waals surface area contributed by atoms with Gasteiger partial charge >= 0.3 is 0 Å². The molecule has 166 valence electrons. The maximum atomic E-state index is 5.95. The lowest BCUT2D eigenvalue weighted by atomic mass is 9.89. The number of hydrogen-bond acceptors (Lipinski definition) is 4. The molecule has 0 unspecified atom stereocenters. The molecule has 1 fully saturated rings. The molecule has 0 bridgehead atoms. The number of pyridine rings is 1. The molecule has 0 aliphatic carbocycles. The van der Waals surface area contributed by atoms with Crippen molar-refractivity contribution in [3.8, 4) is 11.3 Å². The zero-order chi connectivity index (χ0) is 22.4. The molecule has 0 radical (unpaired) electrons. The fraction of sp³-hybridized carbons (Fsp3) is 0.407. The fourth-order valence-corrected chi connectivity index (χ4v) is 5.25. The summed E-state index contributed by atoms with van der Waals surface area (Å²) < 4.78 is 5.95. The first-order chi connectivity index (χ1) is 15.4. The van der Waals surface area contributed by atoms with Crippen molar-refractivity contribution in [2.45, 2.75) is 59.3 Å². The number of hydrogen-bond donors (Lipinski definition) is 1. The Balaban J connectivity index is 1.70. The normalized spacial score (nSPS) is 19.9. The van der Waals surface area contributed by atoms with Crippen molar-refractivity contribution in [2.24, 2.45) is 0 Å². The molecule has 2 aromatic carbocycles. The predicted octanol–water partition coefficient (Wildman–Crippen LogP) is 5.82. The second-order valence-electron chi connectivity index (χ2n) is 9.54. The Morgan fingerprint density at radius 3 is 2.47 bits per heavy atom. The zero-order valence-electron chi connectivity index (χ0n) is 19.6. The first-order valence-corrected chi connectivity index (χ1v) is 11.6. The monoisotopic (exact) mass is 428 g/mol. The molecular formula is C27H32N4O. The second-order valence-corrected chi connectivity index (χ2v) is 9.54. The molecular weight excluding hydrogens is 396 g/mol. The van der Waals surface area contributed by atoms with Gasteiger partial charge in [0.15, 0.2) is 0 Å². The van der Waals surface area contributed by atoms with Crippen molar-refractivity contribution in [3.05, 3.63) is 59.4 Å². The van der Waals surface area contributed by atoms with E-state index in [2.05, 4.69) is 86.1 Å². The summed E-state index contributed by atoms with van der Waals surface area (Å²) in [5, 5.41) is 11.1. The second kappa shape index (κ2) is 8.30. The Hall–Kier alpha value is -2.76. The Morgan fingerprint density at radius 2 is 1.75 bits per heavy atom. The van der Waals surface area contributed by atoms with Crippen LogP contribution < -0.4 is 0 Å². The molecule has 0 amide bonds. The molecule has 4 aromatic rings. The highest BCUT2D eigenvalue weighted by molar-refractivity contribution is 6.05.